The van der Waals surface area contributed by atoms with E-state index in [0.29, 0.717) is 40.5 Å². The first-order valence-electron chi connectivity index (χ1n) is 18.7. The fourth-order valence-corrected chi connectivity index (χ4v) is 8.78. The number of hydrogen-bond donors (Lipinski definition) is 0. The number of rotatable bonds is 4. The Morgan fingerprint density at radius 3 is 1.73 bits per heavy atom. The third-order valence-corrected chi connectivity index (χ3v) is 11.2. The van der Waals surface area contributed by atoms with Crippen LogP contribution in [0.15, 0.2) is 186 Å². The van der Waals surface area contributed by atoms with Gasteiger partial charge in [-0.3, -0.25) is 0 Å². The minimum absolute atomic E-state index is 0.595. The lowest BCUT2D eigenvalue weighted by Crippen LogP contribution is -2.31. The summed E-state index contributed by atoms with van der Waals surface area (Å²) in [5, 5.41) is 0.987. The van der Waals surface area contributed by atoms with E-state index in [1.54, 1.807) is 0 Å². The van der Waals surface area contributed by atoms with Crippen LogP contribution in [0.25, 0.3) is 73.1 Å². The number of allylic oxidation sites excluding steroid dienone is 1. The van der Waals surface area contributed by atoms with Gasteiger partial charge in [-0.15, -0.1) is 0 Å². The molecule has 0 saturated carbocycles. The molecule has 1 atom stereocenters. The molecule has 6 heteroatoms. The van der Waals surface area contributed by atoms with Crippen molar-refractivity contribution in [2.45, 2.75) is 5.41 Å². The second kappa shape index (κ2) is 11.7. The predicted molar refractivity (Wildman–Crippen MR) is 218 cm³/mol. The molecule has 56 heavy (non-hydrogen) atoms. The molecule has 0 N–H and O–H groups in total. The molecular formula is C50H29N3O3. The second-order valence-corrected chi connectivity index (χ2v) is 14.3. The van der Waals surface area contributed by atoms with Crippen LogP contribution in [0.4, 0.5) is 0 Å². The Balaban J connectivity index is 1.10. The van der Waals surface area contributed by atoms with Crippen LogP contribution in [0.1, 0.15) is 22.5 Å². The molecule has 9 aromatic rings. The molecule has 0 fully saturated rings. The number of nitrogens with zero attached hydrogens (tertiary/aromatic N) is 3. The smallest absolute Gasteiger partial charge is 0.179 e. The van der Waals surface area contributed by atoms with Crippen LogP contribution >= 0.6 is 0 Å². The molecule has 6 nitrogen and oxygen atoms in total. The molecule has 3 heterocycles. The Kier molecular flexibility index (Phi) is 6.45. The summed E-state index contributed by atoms with van der Waals surface area (Å²) in [6, 6.07) is 59.8. The van der Waals surface area contributed by atoms with Crippen LogP contribution < -0.4 is 9.47 Å². The fraction of sp³-hybridized carbons (Fsp3) is 0.0200. The number of aromatic nitrogens is 3. The summed E-state index contributed by atoms with van der Waals surface area (Å²) < 4.78 is 20.8. The lowest BCUT2D eigenvalue weighted by atomic mass is 9.75. The van der Waals surface area contributed by atoms with Crippen molar-refractivity contribution in [1.29, 1.82) is 0 Å². The van der Waals surface area contributed by atoms with E-state index in [9.17, 15) is 0 Å². The van der Waals surface area contributed by atoms with Gasteiger partial charge in [-0.05, 0) is 57.6 Å². The molecule has 0 amide bonds. The normalized spacial score (nSPS) is 15.8. The molecule has 2 aliphatic carbocycles. The average Bonchev–Trinajstić information content (AvgIpc) is 3.89. The maximum Gasteiger partial charge on any atom is 0.179 e. The predicted octanol–water partition coefficient (Wildman–Crippen LogP) is 11.8. The highest BCUT2D eigenvalue weighted by Crippen LogP contribution is 2.65. The molecule has 2 aromatic heterocycles. The summed E-state index contributed by atoms with van der Waals surface area (Å²) in [5.74, 6) is 5.37. The summed E-state index contributed by atoms with van der Waals surface area (Å²) in [4.78, 5) is 15.2. The lowest BCUT2D eigenvalue weighted by Gasteiger charge is -2.31. The highest BCUT2D eigenvalue weighted by atomic mass is 16.6. The molecule has 3 aliphatic rings. The minimum Gasteiger partial charge on any atom is -0.458 e. The Hall–Kier alpha value is -7.57. The molecule has 1 spiro atoms. The molecule has 12 rings (SSSR count). The van der Waals surface area contributed by atoms with E-state index in [2.05, 4.69) is 66.7 Å². The number of benzene rings is 7. The van der Waals surface area contributed by atoms with Crippen LogP contribution in [0.2, 0.25) is 0 Å². The van der Waals surface area contributed by atoms with Crippen molar-refractivity contribution < 1.29 is 13.9 Å². The highest BCUT2D eigenvalue weighted by Gasteiger charge is 2.60. The number of hydrogen-bond acceptors (Lipinski definition) is 6. The van der Waals surface area contributed by atoms with Gasteiger partial charge >= 0.3 is 0 Å². The summed E-state index contributed by atoms with van der Waals surface area (Å²) in [6.07, 6.45) is 0. The molecule has 1 aliphatic heterocycles. The summed E-state index contributed by atoms with van der Waals surface area (Å²) in [6.45, 7) is 0. The quantitative estimate of drug-likeness (QED) is 0.180. The zero-order valence-electron chi connectivity index (χ0n) is 29.8. The Morgan fingerprint density at radius 1 is 0.411 bits per heavy atom. The van der Waals surface area contributed by atoms with Crippen LogP contribution in [-0.4, -0.2) is 15.0 Å². The summed E-state index contributed by atoms with van der Waals surface area (Å²) in [5.41, 5.74) is 9.95. The number of para-hydroxylation sites is 3. The van der Waals surface area contributed by atoms with Gasteiger partial charge in [0, 0.05) is 22.1 Å². The van der Waals surface area contributed by atoms with E-state index in [4.69, 9.17) is 28.8 Å². The standard InChI is InChI=1S/C50H29N3O3/c1-3-15-30(16-4-1)47-51-48(31-17-5-2-6-18-31)53-49(52-47)36-21-8-7-19-33(36)32-27-28-35-34-20-9-11-23-38(34)50(39(35)29-32)45-43(37-22-10-12-24-40(37)55-45)44-46(50)56-42-26-14-13-25-41(42)54-44/h1-29H. The molecular weight excluding hydrogens is 691 g/mol. The van der Waals surface area contributed by atoms with Gasteiger partial charge in [0.1, 0.15) is 16.8 Å². The monoisotopic (exact) mass is 719 g/mol. The minimum atomic E-state index is -0.914. The first kappa shape index (κ1) is 30.8. The molecule has 0 radical (unpaired) electrons. The van der Waals surface area contributed by atoms with Gasteiger partial charge in [0.2, 0.25) is 0 Å². The van der Waals surface area contributed by atoms with Crippen molar-refractivity contribution >= 4 is 16.7 Å². The topological polar surface area (TPSA) is 70.3 Å². The first-order chi connectivity index (χ1) is 27.8. The third kappa shape index (κ3) is 4.29. The number of fused-ring (bicyclic) bond motifs is 12. The van der Waals surface area contributed by atoms with Crippen molar-refractivity contribution in [2.24, 2.45) is 0 Å². The maximum atomic E-state index is 7.01. The zero-order chi connectivity index (χ0) is 36.8. The SMILES string of the molecule is c1ccc(-c2nc(-c3ccccc3)nc(-c3ccccc3-c3ccc4c(c3)C3(C5=C(Oc6ccccc6O5)c5c3oc3ccccc53)c3ccccc3-4)n2)cc1. The Bertz CT molecular complexity index is 3040. The maximum absolute atomic E-state index is 7.01. The van der Waals surface area contributed by atoms with Crippen LogP contribution in [0, 0.1) is 0 Å². The van der Waals surface area contributed by atoms with Crippen molar-refractivity contribution in [3.63, 3.8) is 0 Å². The molecule has 0 saturated heterocycles. The Labute approximate surface area is 322 Å². The Morgan fingerprint density at radius 2 is 0.982 bits per heavy atom. The van der Waals surface area contributed by atoms with Gasteiger partial charge in [-0.2, -0.15) is 0 Å². The van der Waals surface area contributed by atoms with Crippen LogP contribution in [0.3, 0.4) is 0 Å². The van der Waals surface area contributed by atoms with E-state index in [1.807, 2.05) is 109 Å². The lowest BCUT2D eigenvalue weighted by molar-refractivity contribution is 0.306. The molecule has 0 bridgehead atoms. The van der Waals surface area contributed by atoms with Crippen molar-refractivity contribution in [3.05, 3.63) is 204 Å². The van der Waals surface area contributed by atoms with Crippen molar-refractivity contribution in [3.8, 4) is 67.9 Å². The van der Waals surface area contributed by atoms with Crippen molar-refractivity contribution in [2.75, 3.05) is 0 Å². The van der Waals surface area contributed by atoms with E-state index in [-0.39, 0.29) is 0 Å². The van der Waals surface area contributed by atoms with E-state index in [1.165, 1.54) is 0 Å². The molecule has 1 unspecified atom stereocenters. The van der Waals surface area contributed by atoms with E-state index >= 15 is 0 Å². The number of ether oxygens (including phenoxy) is 2. The van der Waals surface area contributed by atoms with Crippen LogP contribution in [0.5, 0.6) is 11.5 Å². The first-order valence-corrected chi connectivity index (χ1v) is 18.7. The van der Waals surface area contributed by atoms with E-state index < -0.39 is 5.41 Å². The van der Waals surface area contributed by atoms with Crippen molar-refractivity contribution in [1.82, 2.24) is 15.0 Å². The van der Waals surface area contributed by atoms with Gasteiger partial charge in [0.05, 0.1) is 5.56 Å². The van der Waals surface area contributed by atoms with Gasteiger partial charge in [0.15, 0.2) is 40.5 Å². The molecule has 7 aromatic carbocycles. The second-order valence-electron chi connectivity index (χ2n) is 14.3. The van der Waals surface area contributed by atoms with Gasteiger partial charge in [-0.25, -0.2) is 15.0 Å². The highest BCUT2D eigenvalue weighted by molar-refractivity contribution is 6.01. The number of furan rings is 1. The summed E-state index contributed by atoms with van der Waals surface area (Å²) in [7, 11) is 0. The molecule has 262 valence electrons. The van der Waals surface area contributed by atoms with Gasteiger partial charge in [-0.1, -0.05) is 152 Å². The van der Waals surface area contributed by atoms with E-state index in [0.717, 1.165) is 72.4 Å². The zero-order valence-corrected chi connectivity index (χ0v) is 29.8. The van der Waals surface area contributed by atoms with Gasteiger partial charge < -0.3 is 13.9 Å². The average molecular weight is 720 g/mol. The van der Waals surface area contributed by atoms with Gasteiger partial charge in [0.25, 0.3) is 0 Å². The fourth-order valence-electron chi connectivity index (χ4n) is 8.78. The third-order valence-electron chi connectivity index (χ3n) is 11.2. The van der Waals surface area contributed by atoms with Crippen LogP contribution in [-0.2, 0) is 5.41 Å². The largest absolute Gasteiger partial charge is 0.458 e. The summed E-state index contributed by atoms with van der Waals surface area (Å²) >= 11 is 0.